The Morgan fingerprint density at radius 1 is 1.47 bits per heavy atom. The molecule has 0 amide bonds. The number of aromatic nitrogens is 2. The van der Waals surface area contributed by atoms with E-state index in [1.807, 2.05) is 0 Å². The van der Waals surface area contributed by atoms with E-state index in [9.17, 15) is 13.2 Å². The lowest BCUT2D eigenvalue weighted by molar-refractivity contribution is 0.101. The highest BCUT2D eigenvalue weighted by molar-refractivity contribution is 7.90. The van der Waals surface area contributed by atoms with Crippen LogP contribution in [0.1, 0.15) is 17.3 Å². The molecule has 0 spiro atoms. The molecular formula is C9H11N4O3S+. The van der Waals surface area contributed by atoms with Gasteiger partial charge >= 0.3 is 10.0 Å². The zero-order chi connectivity index (χ0) is 12.7. The second-order valence-electron chi connectivity index (χ2n) is 3.65. The summed E-state index contributed by atoms with van der Waals surface area (Å²) in [6.07, 6.45) is 6.59. The number of nitrogens with one attached hydrogen (secondary N) is 1. The first kappa shape index (κ1) is 11.7. The molecule has 2 rings (SSSR count). The standard InChI is InChI=1S/C9H10N4O3S/c1-7(14)8-6-10-12-9(8)13(17(2,15)16)5-3-4-11-13/h3-6H,1-2H3/p+1. The van der Waals surface area contributed by atoms with Crippen molar-refractivity contribution < 1.29 is 13.2 Å². The van der Waals surface area contributed by atoms with E-state index in [4.69, 9.17) is 0 Å². The monoisotopic (exact) mass is 255 g/mol. The number of hydrogen-bond donors (Lipinski definition) is 1. The Balaban J connectivity index is 2.73. The highest BCUT2D eigenvalue weighted by atomic mass is 32.2. The smallest absolute Gasteiger partial charge is 0.294 e. The van der Waals surface area contributed by atoms with E-state index in [0.717, 1.165) is 6.26 Å². The molecule has 1 atom stereocenters. The van der Waals surface area contributed by atoms with Gasteiger partial charge in [-0.2, -0.15) is 13.5 Å². The third kappa shape index (κ3) is 1.61. The van der Waals surface area contributed by atoms with Crippen LogP contribution < -0.4 is 4.00 Å². The summed E-state index contributed by atoms with van der Waals surface area (Å²) in [5.74, 6) is -0.143. The molecule has 0 bridgehead atoms. The van der Waals surface area contributed by atoms with Gasteiger partial charge in [-0.05, 0) is 10.9 Å². The van der Waals surface area contributed by atoms with E-state index in [2.05, 4.69) is 15.3 Å². The fourth-order valence-corrected chi connectivity index (χ4v) is 2.59. The van der Waals surface area contributed by atoms with Gasteiger partial charge in [-0.25, -0.2) is 5.10 Å². The molecule has 17 heavy (non-hydrogen) atoms. The van der Waals surface area contributed by atoms with E-state index in [1.165, 1.54) is 31.6 Å². The van der Waals surface area contributed by atoms with E-state index in [0.29, 0.717) is 0 Å². The van der Waals surface area contributed by atoms with E-state index in [-0.39, 0.29) is 17.2 Å². The minimum absolute atomic E-state index is 0.130. The predicted molar refractivity (Wildman–Crippen MR) is 62.9 cm³/mol. The maximum absolute atomic E-state index is 11.9. The van der Waals surface area contributed by atoms with Crippen LogP contribution in [0.5, 0.6) is 0 Å². The van der Waals surface area contributed by atoms with Crippen LogP contribution in [-0.4, -0.2) is 36.9 Å². The number of H-pyrrole nitrogens is 1. The average molecular weight is 255 g/mol. The number of rotatable bonds is 3. The Hall–Kier alpha value is -1.80. The fraction of sp³-hybridized carbons (Fsp3) is 0.222. The number of carbonyl (C=O) groups is 1. The Bertz CT molecular complexity index is 614. The molecule has 90 valence electrons. The van der Waals surface area contributed by atoms with Crippen LogP contribution in [-0.2, 0) is 10.0 Å². The van der Waals surface area contributed by atoms with E-state index < -0.39 is 14.0 Å². The normalized spacial score (nSPS) is 23.2. The van der Waals surface area contributed by atoms with Gasteiger partial charge in [0.1, 0.15) is 11.8 Å². The van der Waals surface area contributed by atoms with Crippen LogP contribution in [0.3, 0.4) is 0 Å². The first-order chi connectivity index (χ1) is 7.88. The van der Waals surface area contributed by atoms with Gasteiger partial charge in [0.05, 0.1) is 18.7 Å². The van der Waals surface area contributed by atoms with Crippen molar-refractivity contribution in [3.8, 4) is 0 Å². The van der Waals surface area contributed by atoms with E-state index in [1.54, 1.807) is 0 Å². The number of hydrogen-bond acceptors (Lipinski definition) is 5. The molecule has 0 saturated heterocycles. The van der Waals surface area contributed by atoms with Crippen LogP contribution in [0.25, 0.3) is 0 Å². The van der Waals surface area contributed by atoms with Crippen molar-refractivity contribution in [2.75, 3.05) is 6.26 Å². The van der Waals surface area contributed by atoms with Gasteiger partial charge in [0.15, 0.2) is 5.78 Å². The zero-order valence-corrected chi connectivity index (χ0v) is 10.1. The van der Waals surface area contributed by atoms with Gasteiger partial charge in [0, 0.05) is 6.08 Å². The Morgan fingerprint density at radius 3 is 2.65 bits per heavy atom. The molecule has 1 unspecified atom stereocenters. The number of aromatic amines is 1. The SMILES string of the molecule is CC(=O)c1cn[nH]c1[N+]1(S(C)(=O)=O)C=CC=N1. The molecule has 1 aromatic heterocycles. The topological polar surface area (TPSA) is 92.2 Å². The largest absolute Gasteiger partial charge is 0.329 e. The number of ketones is 1. The Labute approximate surface area is 98.1 Å². The maximum Gasteiger partial charge on any atom is 0.329 e. The summed E-state index contributed by atoms with van der Waals surface area (Å²) in [7, 11) is -3.61. The lowest BCUT2D eigenvalue weighted by Crippen LogP contribution is -2.43. The molecule has 0 aliphatic carbocycles. The maximum atomic E-state index is 11.9. The third-order valence-corrected chi connectivity index (χ3v) is 3.85. The van der Waals surface area contributed by atoms with Crippen molar-refractivity contribution in [2.24, 2.45) is 5.10 Å². The average Bonchev–Trinajstić information content (AvgIpc) is 2.85. The molecule has 1 aliphatic heterocycles. The zero-order valence-electron chi connectivity index (χ0n) is 9.28. The molecule has 0 fully saturated rings. The first-order valence-electron chi connectivity index (χ1n) is 4.76. The number of carbonyl (C=O) groups excluding carboxylic acids is 1. The molecule has 0 aromatic carbocycles. The van der Waals surface area contributed by atoms with Crippen LogP contribution in [0.2, 0.25) is 0 Å². The minimum Gasteiger partial charge on any atom is -0.294 e. The summed E-state index contributed by atoms with van der Waals surface area (Å²) < 4.78 is 23.0. The fourth-order valence-electron chi connectivity index (χ4n) is 1.61. The van der Waals surface area contributed by atoms with Crippen LogP contribution >= 0.6 is 0 Å². The second-order valence-corrected chi connectivity index (χ2v) is 5.67. The molecule has 8 heteroatoms. The quantitative estimate of drug-likeness (QED) is 0.624. The summed E-state index contributed by atoms with van der Waals surface area (Å²) in [5, 5.41) is 10.2. The van der Waals surface area contributed by atoms with Crippen molar-refractivity contribution in [3.05, 3.63) is 24.0 Å². The summed E-state index contributed by atoms with van der Waals surface area (Å²) in [5.41, 5.74) is 0.208. The van der Waals surface area contributed by atoms with E-state index >= 15 is 0 Å². The predicted octanol–water partition coefficient (Wildman–Crippen LogP) is 0.392. The van der Waals surface area contributed by atoms with Crippen LogP contribution in [0.4, 0.5) is 5.82 Å². The van der Waals surface area contributed by atoms with Gasteiger partial charge in [0.25, 0.3) is 5.82 Å². The van der Waals surface area contributed by atoms with Crippen molar-refractivity contribution in [2.45, 2.75) is 6.92 Å². The lowest BCUT2D eigenvalue weighted by Gasteiger charge is -2.20. The van der Waals surface area contributed by atoms with Gasteiger partial charge < -0.3 is 0 Å². The first-order valence-corrected chi connectivity index (χ1v) is 6.60. The van der Waals surface area contributed by atoms with Crippen molar-refractivity contribution in [1.29, 1.82) is 0 Å². The molecule has 2 heterocycles. The lowest BCUT2D eigenvalue weighted by atomic mass is 10.2. The molecule has 1 aliphatic rings. The Morgan fingerprint density at radius 2 is 2.18 bits per heavy atom. The van der Waals surface area contributed by atoms with Crippen LogP contribution in [0, 0.1) is 0 Å². The molecule has 1 N–H and O–H groups in total. The molecule has 1 aromatic rings. The molecule has 7 nitrogen and oxygen atoms in total. The number of quaternary nitrogens is 1. The van der Waals surface area contributed by atoms with Gasteiger partial charge in [0.2, 0.25) is 0 Å². The van der Waals surface area contributed by atoms with Crippen LogP contribution in [0.15, 0.2) is 23.6 Å². The highest BCUT2D eigenvalue weighted by Crippen LogP contribution is 2.32. The van der Waals surface area contributed by atoms with Gasteiger partial charge in [-0.1, -0.05) is 5.10 Å². The minimum atomic E-state index is -3.61. The van der Waals surface area contributed by atoms with Gasteiger partial charge in [-0.3, -0.25) is 4.79 Å². The summed E-state index contributed by atoms with van der Waals surface area (Å²) >= 11 is 0. The van der Waals surface area contributed by atoms with Crippen molar-refractivity contribution in [1.82, 2.24) is 14.2 Å². The van der Waals surface area contributed by atoms with Gasteiger partial charge in [-0.15, -0.1) is 0 Å². The summed E-state index contributed by atoms with van der Waals surface area (Å²) in [4.78, 5) is 11.4. The Kier molecular flexibility index (Phi) is 2.48. The van der Waals surface area contributed by atoms with Crippen molar-refractivity contribution >= 4 is 27.8 Å². The molecule has 0 saturated carbocycles. The second kappa shape index (κ2) is 3.60. The van der Waals surface area contributed by atoms with Crippen molar-refractivity contribution in [3.63, 3.8) is 0 Å². The summed E-state index contributed by atoms with van der Waals surface area (Å²) in [6, 6.07) is 0. The number of sulfonamides is 1. The third-order valence-electron chi connectivity index (χ3n) is 2.44. The number of Topliss-reactive ketones (excluding diaryl/α,β-unsaturated/α-hetero) is 1. The molecule has 0 radical (unpaired) electrons. The number of nitrogens with zero attached hydrogens (tertiary/aromatic N) is 3. The highest BCUT2D eigenvalue weighted by Gasteiger charge is 2.46. The molecular weight excluding hydrogens is 244 g/mol. The summed E-state index contributed by atoms with van der Waals surface area (Å²) in [6.45, 7) is 1.34. The number of allylic oxidation sites excluding steroid dienone is 1.